The van der Waals surface area contributed by atoms with Gasteiger partial charge in [-0.1, -0.05) is 39.7 Å². The van der Waals surface area contributed by atoms with Crippen molar-refractivity contribution < 1.29 is 13.2 Å². The number of hydrogen-bond acceptors (Lipinski definition) is 3. The molecule has 0 spiro atoms. The molecule has 0 N–H and O–H groups in total. The zero-order valence-electron chi connectivity index (χ0n) is 17.6. The molecule has 3 atom stereocenters. The summed E-state index contributed by atoms with van der Waals surface area (Å²) in [5, 5.41) is 0. The maximum Gasteiger partial charge on any atom is 0.254 e. The molecule has 1 amide bonds. The fourth-order valence-corrected chi connectivity index (χ4v) is 6.51. The lowest BCUT2D eigenvalue weighted by Crippen LogP contribution is -2.52. The standard InChI is InChI=1S/C22H34N2O3S/c1-5-23(6-2)28(26,27)18-12-11-16(3)20(15-18)22(25)24-14-13-17(4)19-9-7-8-10-21(19)24/h11-12,15,17,19,21H,5-10,13-14H2,1-4H3/t17-,19-,21+/m0/s1. The number of piperidine rings is 1. The minimum Gasteiger partial charge on any atom is -0.335 e. The van der Waals surface area contributed by atoms with Crippen LogP contribution >= 0.6 is 0 Å². The molecule has 0 radical (unpaired) electrons. The maximum absolute atomic E-state index is 13.5. The molecule has 156 valence electrons. The van der Waals surface area contributed by atoms with E-state index in [-0.39, 0.29) is 10.8 Å². The lowest BCUT2D eigenvalue weighted by atomic mass is 9.72. The molecule has 5 nitrogen and oxygen atoms in total. The summed E-state index contributed by atoms with van der Waals surface area (Å²) < 4.78 is 27.3. The number of fused-ring (bicyclic) bond motifs is 1. The SMILES string of the molecule is CCN(CC)S(=O)(=O)c1ccc(C)c(C(=O)N2CC[C@H](C)[C@@H]3CCCC[C@H]32)c1. The first kappa shape index (κ1) is 21.3. The summed E-state index contributed by atoms with van der Waals surface area (Å²) >= 11 is 0. The molecule has 1 saturated carbocycles. The van der Waals surface area contributed by atoms with Crippen molar-refractivity contribution in [1.82, 2.24) is 9.21 Å². The average Bonchev–Trinajstić information content (AvgIpc) is 2.69. The van der Waals surface area contributed by atoms with Crippen LogP contribution in [0.5, 0.6) is 0 Å². The Morgan fingerprint density at radius 2 is 1.82 bits per heavy atom. The third kappa shape index (κ3) is 3.86. The third-order valence-corrected chi connectivity index (χ3v) is 8.83. The van der Waals surface area contributed by atoms with Crippen LogP contribution in [0.1, 0.15) is 68.8 Å². The molecule has 1 aromatic carbocycles. The van der Waals surface area contributed by atoms with Gasteiger partial charge in [-0.3, -0.25) is 4.79 Å². The molecule has 0 aromatic heterocycles. The second-order valence-electron chi connectivity index (χ2n) is 8.35. The van der Waals surface area contributed by atoms with E-state index in [1.54, 1.807) is 18.2 Å². The number of rotatable bonds is 5. The number of amides is 1. The molecule has 3 rings (SSSR count). The number of benzene rings is 1. The van der Waals surface area contributed by atoms with E-state index in [1.807, 2.05) is 25.7 Å². The molecule has 1 aliphatic heterocycles. The number of likely N-dealkylation sites (tertiary alicyclic amines) is 1. The smallest absolute Gasteiger partial charge is 0.254 e. The van der Waals surface area contributed by atoms with E-state index in [1.165, 1.54) is 23.6 Å². The molecule has 0 unspecified atom stereocenters. The molecule has 1 aliphatic carbocycles. The van der Waals surface area contributed by atoms with Gasteiger partial charge < -0.3 is 4.90 Å². The Labute approximate surface area is 170 Å². The first-order valence-electron chi connectivity index (χ1n) is 10.7. The van der Waals surface area contributed by atoms with Crippen molar-refractivity contribution in [2.24, 2.45) is 11.8 Å². The maximum atomic E-state index is 13.5. The summed E-state index contributed by atoms with van der Waals surface area (Å²) in [7, 11) is -3.57. The fraction of sp³-hybridized carbons (Fsp3) is 0.682. The van der Waals surface area contributed by atoms with E-state index in [0.717, 1.165) is 24.9 Å². The molecule has 1 heterocycles. The predicted octanol–water partition coefficient (Wildman–Crippen LogP) is 4.07. The molecule has 2 aliphatic rings. The van der Waals surface area contributed by atoms with Gasteiger partial charge >= 0.3 is 0 Å². The van der Waals surface area contributed by atoms with Crippen LogP contribution in [0.3, 0.4) is 0 Å². The van der Waals surface area contributed by atoms with Crippen LogP contribution < -0.4 is 0 Å². The van der Waals surface area contributed by atoms with Gasteiger partial charge in [0.25, 0.3) is 5.91 Å². The average molecular weight is 407 g/mol. The summed E-state index contributed by atoms with van der Waals surface area (Å²) in [6.45, 7) is 9.49. The lowest BCUT2D eigenvalue weighted by Gasteiger charge is -2.47. The van der Waals surface area contributed by atoms with Crippen LogP contribution in [-0.4, -0.2) is 49.2 Å². The van der Waals surface area contributed by atoms with Gasteiger partial charge in [0, 0.05) is 31.2 Å². The van der Waals surface area contributed by atoms with Crippen molar-refractivity contribution in [2.45, 2.75) is 70.7 Å². The predicted molar refractivity (Wildman–Crippen MR) is 112 cm³/mol. The Kier molecular flexibility index (Phi) is 6.50. The second kappa shape index (κ2) is 8.54. The number of sulfonamides is 1. The highest BCUT2D eigenvalue weighted by atomic mass is 32.2. The second-order valence-corrected chi connectivity index (χ2v) is 10.3. The Morgan fingerprint density at radius 1 is 1.14 bits per heavy atom. The monoisotopic (exact) mass is 406 g/mol. The van der Waals surface area contributed by atoms with Gasteiger partial charge in [-0.05, 0) is 55.7 Å². The number of nitrogens with zero attached hydrogens (tertiary/aromatic N) is 2. The number of aryl methyl sites for hydroxylation is 1. The third-order valence-electron chi connectivity index (χ3n) is 6.78. The summed E-state index contributed by atoms with van der Waals surface area (Å²) in [6.07, 6.45) is 5.72. The van der Waals surface area contributed by atoms with Crippen molar-refractivity contribution >= 4 is 15.9 Å². The summed E-state index contributed by atoms with van der Waals surface area (Å²) in [5.41, 5.74) is 1.38. The first-order chi connectivity index (χ1) is 13.3. The quantitative estimate of drug-likeness (QED) is 0.741. The van der Waals surface area contributed by atoms with E-state index in [4.69, 9.17) is 0 Å². The topological polar surface area (TPSA) is 57.7 Å². The molecule has 1 aromatic rings. The van der Waals surface area contributed by atoms with Crippen LogP contribution in [0.2, 0.25) is 0 Å². The number of carbonyl (C=O) groups is 1. The Balaban J connectivity index is 1.94. The van der Waals surface area contributed by atoms with Crippen LogP contribution in [0.25, 0.3) is 0 Å². The summed E-state index contributed by atoms with van der Waals surface area (Å²) in [4.78, 5) is 15.7. The molecule has 1 saturated heterocycles. The minimum atomic E-state index is -3.57. The van der Waals surface area contributed by atoms with E-state index < -0.39 is 10.0 Å². The van der Waals surface area contributed by atoms with Gasteiger partial charge in [0.05, 0.1) is 4.90 Å². The Bertz CT molecular complexity index is 817. The van der Waals surface area contributed by atoms with E-state index in [0.29, 0.717) is 36.5 Å². The van der Waals surface area contributed by atoms with Crippen LogP contribution in [0.4, 0.5) is 0 Å². The molecule has 0 bridgehead atoms. The summed E-state index contributed by atoms with van der Waals surface area (Å²) in [6, 6.07) is 5.30. The molecule has 28 heavy (non-hydrogen) atoms. The number of carbonyl (C=O) groups excluding carboxylic acids is 1. The van der Waals surface area contributed by atoms with E-state index >= 15 is 0 Å². The van der Waals surface area contributed by atoms with Gasteiger partial charge in [-0.2, -0.15) is 4.31 Å². The van der Waals surface area contributed by atoms with Gasteiger partial charge in [-0.25, -0.2) is 8.42 Å². The Hall–Kier alpha value is -1.40. The van der Waals surface area contributed by atoms with Gasteiger partial charge in [0.2, 0.25) is 10.0 Å². The van der Waals surface area contributed by atoms with Crippen molar-refractivity contribution in [3.05, 3.63) is 29.3 Å². The molecule has 2 fully saturated rings. The van der Waals surface area contributed by atoms with Gasteiger partial charge in [0.15, 0.2) is 0 Å². The van der Waals surface area contributed by atoms with E-state index in [2.05, 4.69) is 6.92 Å². The highest BCUT2D eigenvalue weighted by Crippen LogP contribution is 2.39. The van der Waals surface area contributed by atoms with Crippen LogP contribution in [0, 0.1) is 18.8 Å². The zero-order chi connectivity index (χ0) is 20.5. The normalized spacial score (nSPS) is 25.6. The van der Waals surface area contributed by atoms with Crippen LogP contribution in [0.15, 0.2) is 23.1 Å². The van der Waals surface area contributed by atoms with Gasteiger partial charge in [0.1, 0.15) is 0 Å². The zero-order valence-corrected chi connectivity index (χ0v) is 18.5. The largest absolute Gasteiger partial charge is 0.335 e. The highest BCUT2D eigenvalue weighted by molar-refractivity contribution is 7.89. The van der Waals surface area contributed by atoms with Gasteiger partial charge in [-0.15, -0.1) is 0 Å². The fourth-order valence-electron chi connectivity index (χ4n) is 5.02. The summed E-state index contributed by atoms with van der Waals surface area (Å²) in [5.74, 6) is 1.23. The van der Waals surface area contributed by atoms with Crippen molar-refractivity contribution in [3.63, 3.8) is 0 Å². The number of hydrogen-bond donors (Lipinski definition) is 0. The molecular weight excluding hydrogens is 372 g/mol. The van der Waals surface area contributed by atoms with Crippen LogP contribution in [-0.2, 0) is 10.0 Å². The minimum absolute atomic E-state index is 0.00195. The van der Waals surface area contributed by atoms with Crippen molar-refractivity contribution in [2.75, 3.05) is 19.6 Å². The van der Waals surface area contributed by atoms with Crippen molar-refractivity contribution in [1.29, 1.82) is 0 Å². The Morgan fingerprint density at radius 3 is 2.50 bits per heavy atom. The highest BCUT2D eigenvalue weighted by Gasteiger charge is 2.40. The van der Waals surface area contributed by atoms with E-state index in [9.17, 15) is 13.2 Å². The first-order valence-corrected chi connectivity index (χ1v) is 12.2. The molecular formula is C22H34N2O3S. The van der Waals surface area contributed by atoms with Crippen molar-refractivity contribution in [3.8, 4) is 0 Å². The molecule has 6 heteroatoms. The lowest BCUT2D eigenvalue weighted by molar-refractivity contribution is 0.0217.